The molecular weight excluding hydrogens is 426 g/mol. The predicted molar refractivity (Wildman–Crippen MR) is 126 cm³/mol. The number of amides is 3. The van der Waals surface area contributed by atoms with E-state index in [1.807, 2.05) is 27.7 Å². The third-order valence-corrected chi connectivity index (χ3v) is 5.78. The fourth-order valence-electron chi connectivity index (χ4n) is 4.12. The van der Waals surface area contributed by atoms with Crippen molar-refractivity contribution in [1.82, 2.24) is 15.5 Å². The molecule has 1 aliphatic rings. The lowest BCUT2D eigenvalue weighted by Crippen LogP contribution is -2.57. The predicted octanol–water partition coefficient (Wildman–Crippen LogP) is 0.580. The van der Waals surface area contributed by atoms with Crippen molar-refractivity contribution >= 4 is 23.7 Å². The van der Waals surface area contributed by atoms with Gasteiger partial charge in [-0.15, -0.1) is 0 Å². The number of carboxylic acid groups (broad SMARTS) is 1. The molecule has 0 spiro atoms. The van der Waals surface area contributed by atoms with Crippen LogP contribution in [0.5, 0.6) is 0 Å². The Morgan fingerprint density at radius 2 is 1.64 bits per heavy atom. The second-order valence-electron chi connectivity index (χ2n) is 9.80. The summed E-state index contributed by atoms with van der Waals surface area (Å²) in [7, 11) is 0. The van der Waals surface area contributed by atoms with Crippen molar-refractivity contribution in [3.8, 4) is 0 Å². The van der Waals surface area contributed by atoms with E-state index in [1.165, 1.54) is 4.90 Å². The summed E-state index contributed by atoms with van der Waals surface area (Å²) < 4.78 is 0. The molecule has 1 fully saturated rings. The minimum absolute atomic E-state index is 0.0855. The molecule has 10 heteroatoms. The van der Waals surface area contributed by atoms with Crippen LogP contribution in [0, 0.1) is 11.8 Å². The summed E-state index contributed by atoms with van der Waals surface area (Å²) in [6, 6.07) is -3.29. The first-order valence-corrected chi connectivity index (χ1v) is 12.1. The molecule has 0 aromatic rings. The first kappa shape index (κ1) is 28.8. The molecule has 4 unspecified atom stereocenters. The Morgan fingerprint density at radius 1 is 1.00 bits per heavy atom. The second-order valence-corrected chi connectivity index (χ2v) is 9.80. The van der Waals surface area contributed by atoms with E-state index in [-0.39, 0.29) is 24.2 Å². The molecule has 0 saturated carbocycles. The number of hydrogen-bond donors (Lipinski definition) is 5. The van der Waals surface area contributed by atoms with Crippen LogP contribution in [0.3, 0.4) is 0 Å². The van der Waals surface area contributed by atoms with Crippen LogP contribution in [-0.2, 0) is 19.2 Å². The Hall–Kier alpha value is -2.20. The molecule has 4 atom stereocenters. The fraction of sp³-hybridized carbons (Fsp3) is 0.826. The normalized spacial score (nSPS) is 18.8. The third kappa shape index (κ3) is 9.67. The summed E-state index contributed by atoms with van der Waals surface area (Å²) in [6.07, 6.45) is 3.56. The van der Waals surface area contributed by atoms with Gasteiger partial charge in [0.1, 0.15) is 18.1 Å². The number of likely N-dealkylation sites (tertiary alicyclic amines) is 1. The van der Waals surface area contributed by atoms with Crippen LogP contribution >= 0.6 is 0 Å². The van der Waals surface area contributed by atoms with Crippen molar-refractivity contribution in [2.24, 2.45) is 23.3 Å². The molecule has 1 rings (SSSR count). The van der Waals surface area contributed by atoms with Crippen molar-refractivity contribution in [3.63, 3.8) is 0 Å². The number of unbranched alkanes of at least 4 members (excludes halogenated alkanes) is 1. The zero-order chi connectivity index (χ0) is 25.1. The number of carbonyl (C=O) groups excluding carboxylic acids is 3. The van der Waals surface area contributed by atoms with Crippen molar-refractivity contribution in [2.75, 3.05) is 13.1 Å². The molecule has 7 N–H and O–H groups in total. The molecule has 0 aromatic carbocycles. The van der Waals surface area contributed by atoms with E-state index in [4.69, 9.17) is 11.5 Å². The van der Waals surface area contributed by atoms with Gasteiger partial charge in [0.25, 0.3) is 0 Å². The molecule has 10 nitrogen and oxygen atoms in total. The van der Waals surface area contributed by atoms with Gasteiger partial charge in [0.05, 0.1) is 6.04 Å². The smallest absolute Gasteiger partial charge is 0.326 e. The Morgan fingerprint density at radius 3 is 2.18 bits per heavy atom. The maximum Gasteiger partial charge on any atom is 0.326 e. The minimum Gasteiger partial charge on any atom is -0.480 e. The van der Waals surface area contributed by atoms with Crippen LogP contribution in [0.15, 0.2) is 0 Å². The van der Waals surface area contributed by atoms with Crippen molar-refractivity contribution in [1.29, 1.82) is 0 Å². The molecule has 0 bridgehead atoms. The van der Waals surface area contributed by atoms with Gasteiger partial charge in [-0.3, -0.25) is 14.4 Å². The van der Waals surface area contributed by atoms with Gasteiger partial charge in [0.2, 0.25) is 17.7 Å². The van der Waals surface area contributed by atoms with Gasteiger partial charge in [0, 0.05) is 6.54 Å². The van der Waals surface area contributed by atoms with Gasteiger partial charge in [-0.1, -0.05) is 27.7 Å². The van der Waals surface area contributed by atoms with E-state index in [0.717, 1.165) is 0 Å². The number of aliphatic carboxylic acids is 1. The van der Waals surface area contributed by atoms with Gasteiger partial charge < -0.3 is 32.1 Å². The van der Waals surface area contributed by atoms with E-state index in [9.17, 15) is 24.3 Å². The summed E-state index contributed by atoms with van der Waals surface area (Å²) in [5.74, 6) is -1.98. The quantitative estimate of drug-likeness (QED) is 0.232. The Kier molecular flexibility index (Phi) is 12.4. The topological polar surface area (TPSA) is 168 Å². The van der Waals surface area contributed by atoms with Gasteiger partial charge >= 0.3 is 5.97 Å². The highest BCUT2D eigenvalue weighted by Gasteiger charge is 2.38. The fourth-order valence-corrected chi connectivity index (χ4v) is 4.12. The van der Waals surface area contributed by atoms with Crippen LogP contribution < -0.4 is 22.1 Å². The SMILES string of the molecule is CC(C)CC(N)C(=O)N1CCCC1C(=O)NC(CC(C)C)C(=O)NC(CCCCN)C(=O)O. The Labute approximate surface area is 197 Å². The lowest BCUT2D eigenvalue weighted by atomic mass is 10.0. The zero-order valence-corrected chi connectivity index (χ0v) is 20.5. The highest BCUT2D eigenvalue weighted by atomic mass is 16.4. The average molecular weight is 470 g/mol. The van der Waals surface area contributed by atoms with E-state index in [2.05, 4.69) is 10.6 Å². The van der Waals surface area contributed by atoms with Crippen LogP contribution in [0.2, 0.25) is 0 Å². The Balaban J connectivity index is 2.87. The van der Waals surface area contributed by atoms with Crippen molar-refractivity contribution in [2.45, 2.75) is 96.8 Å². The Bertz CT molecular complexity index is 670. The van der Waals surface area contributed by atoms with Crippen molar-refractivity contribution < 1.29 is 24.3 Å². The van der Waals surface area contributed by atoms with Crippen molar-refractivity contribution in [3.05, 3.63) is 0 Å². The van der Waals surface area contributed by atoms with Gasteiger partial charge in [0.15, 0.2) is 0 Å². The van der Waals surface area contributed by atoms with Gasteiger partial charge in [-0.05, 0) is 63.3 Å². The molecule has 0 aliphatic carbocycles. The second kappa shape index (κ2) is 14.1. The summed E-state index contributed by atoms with van der Waals surface area (Å²) in [5, 5.41) is 14.8. The molecular formula is C23H43N5O5. The monoisotopic (exact) mass is 469 g/mol. The molecule has 3 amide bonds. The molecule has 1 heterocycles. The molecule has 1 aliphatic heterocycles. The summed E-state index contributed by atoms with van der Waals surface area (Å²) in [6.45, 7) is 8.70. The third-order valence-electron chi connectivity index (χ3n) is 5.78. The lowest BCUT2D eigenvalue weighted by Gasteiger charge is -2.29. The zero-order valence-electron chi connectivity index (χ0n) is 20.5. The van der Waals surface area contributed by atoms with Crippen LogP contribution in [0.1, 0.15) is 72.6 Å². The van der Waals surface area contributed by atoms with Crippen LogP contribution in [0.4, 0.5) is 0 Å². The average Bonchev–Trinajstić information content (AvgIpc) is 3.20. The molecule has 1 saturated heterocycles. The maximum atomic E-state index is 13.1. The van der Waals surface area contributed by atoms with Crippen LogP contribution in [-0.4, -0.2) is 71.0 Å². The number of nitrogens with two attached hydrogens (primary N) is 2. The highest BCUT2D eigenvalue weighted by Crippen LogP contribution is 2.20. The largest absolute Gasteiger partial charge is 0.480 e. The number of carbonyl (C=O) groups is 4. The highest BCUT2D eigenvalue weighted by molar-refractivity contribution is 5.94. The summed E-state index contributed by atoms with van der Waals surface area (Å²) in [5.41, 5.74) is 11.5. The molecule has 0 radical (unpaired) electrons. The summed E-state index contributed by atoms with van der Waals surface area (Å²) >= 11 is 0. The summed E-state index contributed by atoms with van der Waals surface area (Å²) in [4.78, 5) is 51.9. The maximum absolute atomic E-state index is 13.1. The first-order valence-electron chi connectivity index (χ1n) is 12.1. The molecule has 190 valence electrons. The number of carboxylic acids is 1. The lowest BCUT2D eigenvalue weighted by molar-refractivity contribution is -0.143. The molecule has 33 heavy (non-hydrogen) atoms. The van der Waals surface area contributed by atoms with Crippen LogP contribution in [0.25, 0.3) is 0 Å². The molecule has 0 aromatic heterocycles. The first-order chi connectivity index (χ1) is 15.5. The standard InChI is InChI=1S/C23H43N5O5/c1-14(2)12-16(25)22(31)28-11-7-9-19(28)21(30)27-18(13-15(3)4)20(29)26-17(23(32)33)8-5-6-10-24/h14-19H,5-13,24-25H2,1-4H3,(H,26,29)(H,27,30)(H,32,33). The number of rotatable bonds is 14. The minimum atomic E-state index is -1.12. The number of nitrogens with zero attached hydrogens (tertiary/aromatic N) is 1. The van der Waals surface area contributed by atoms with E-state index < -0.39 is 42.0 Å². The number of nitrogens with one attached hydrogen (secondary N) is 2. The van der Waals surface area contributed by atoms with E-state index >= 15 is 0 Å². The van der Waals surface area contributed by atoms with E-state index in [0.29, 0.717) is 51.6 Å². The van der Waals surface area contributed by atoms with E-state index in [1.54, 1.807) is 0 Å². The number of hydrogen-bond acceptors (Lipinski definition) is 6. The van der Waals surface area contributed by atoms with Gasteiger partial charge in [-0.2, -0.15) is 0 Å². The van der Waals surface area contributed by atoms with Gasteiger partial charge in [-0.25, -0.2) is 4.79 Å².